The predicted molar refractivity (Wildman–Crippen MR) is 122 cm³/mol. The average Bonchev–Trinajstić information content (AvgIpc) is 3.15. The molecule has 6 nitrogen and oxygen atoms in total. The Hall–Kier alpha value is -3.22. The summed E-state index contributed by atoms with van der Waals surface area (Å²) in [5, 5.41) is 4.60. The molecule has 1 amide bonds. The maximum absolute atomic E-state index is 13.4. The maximum Gasteiger partial charge on any atom is 0.410 e. The summed E-state index contributed by atoms with van der Waals surface area (Å²) in [6.07, 6.45) is 5.23. The van der Waals surface area contributed by atoms with Crippen molar-refractivity contribution in [2.45, 2.75) is 45.1 Å². The molecule has 2 aromatic heterocycles. The van der Waals surface area contributed by atoms with Crippen molar-refractivity contribution in [3.63, 3.8) is 0 Å². The van der Waals surface area contributed by atoms with Crippen LogP contribution in [0, 0.1) is 5.82 Å². The summed E-state index contributed by atoms with van der Waals surface area (Å²) in [4.78, 5) is 18.8. The van der Waals surface area contributed by atoms with Crippen LogP contribution < -0.4 is 0 Å². The van der Waals surface area contributed by atoms with E-state index in [1.165, 1.54) is 12.1 Å². The molecule has 0 aliphatic carbocycles. The van der Waals surface area contributed by atoms with Crippen LogP contribution in [0.2, 0.25) is 0 Å². The second-order valence-electron chi connectivity index (χ2n) is 9.28. The zero-order valence-corrected chi connectivity index (χ0v) is 19.0. The van der Waals surface area contributed by atoms with Gasteiger partial charge in [0.2, 0.25) is 0 Å². The zero-order chi connectivity index (χ0) is 22.9. The highest BCUT2D eigenvalue weighted by Crippen LogP contribution is 2.34. The summed E-state index contributed by atoms with van der Waals surface area (Å²) in [5.41, 5.74) is 4.21. The van der Waals surface area contributed by atoms with Gasteiger partial charge in [0.15, 0.2) is 0 Å². The fourth-order valence-electron chi connectivity index (χ4n) is 4.04. The smallest absolute Gasteiger partial charge is 0.410 e. The number of amides is 1. The Bertz CT molecular complexity index is 1090. The van der Waals surface area contributed by atoms with Crippen LogP contribution in [0.1, 0.15) is 45.2 Å². The van der Waals surface area contributed by atoms with Crippen molar-refractivity contribution in [3.05, 3.63) is 60.3 Å². The van der Waals surface area contributed by atoms with Crippen LogP contribution in [0.25, 0.3) is 22.4 Å². The van der Waals surface area contributed by atoms with E-state index >= 15 is 0 Å². The van der Waals surface area contributed by atoms with E-state index in [1.54, 1.807) is 21.7 Å². The topological polar surface area (TPSA) is 60.2 Å². The number of likely N-dealkylation sites (tertiary alicyclic amines) is 1. The minimum absolute atomic E-state index is 0.253. The lowest BCUT2D eigenvalue weighted by Gasteiger charge is -2.33. The molecule has 0 spiro atoms. The first-order chi connectivity index (χ1) is 15.2. The molecule has 0 N–H and O–H groups in total. The highest BCUT2D eigenvalue weighted by molar-refractivity contribution is 5.80. The lowest BCUT2D eigenvalue weighted by molar-refractivity contribution is 0.0204. The van der Waals surface area contributed by atoms with Crippen LogP contribution in [-0.4, -0.2) is 44.4 Å². The normalized spacial score (nSPS) is 15.1. The van der Waals surface area contributed by atoms with Gasteiger partial charge in [-0.2, -0.15) is 5.10 Å². The van der Waals surface area contributed by atoms with E-state index in [-0.39, 0.29) is 17.8 Å². The van der Waals surface area contributed by atoms with Crippen molar-refractivity contribution in [2.24, 2.45) is 7.05 Å². The molecule has 4 rings (SSSR count). The fourth-order valence-corrected chi connectivity index (χ4v) is 4.04. The van der Waals surface area contributed by atoms with Gasteiger partial charge in [-0.1, -0.05) is 0 Å². The summed E-state index contributed by atoms with van der Waals surface area (Å²) in [7, 11) is 1.88. The van der Waals surface area contributed by atoms with Crippen molar-refractivity contribution in [1.29, 1.82) is 0 Å². The molecular weight excluding hydrogens is 407 g/mol. The molecule has 0 saturated carbocycles. The SMILES string of the molecule is Cn1cc(-c2ccnc(C3CCN(C(=O)OC(C)(C)C)CC3)c2)c(-c2ccc(F)cc2)n1. The van der Waals surface area contributed by atoms with E-state index in [2.05, 4.69) is 16.1 Å². The number of halogens is 1. The summed E-state index contributed by atoms with van der Waals surface area (Å²) in [5.74, 6) is 0.00901. The van der Waals surface area contributed by atoms with E-state index in [0.717, 1.165) is 40.9 Å². The van der Waals surface area contributed by atoms with Gasteiger partial charge in [-0.15, -0.1) is 0 Å². The number of hydrogen-bond donors (Lipinski definition) is 0. The van der Waals surface area contributed by atoms with Gasteiger partial charge in [0.05, 0.1) is 0 Å². The Morgan fingerprint density at radius 3 is 2.44 bits per heavy atom. The Morgan fingerprint density at radius 1 is 1.09 bits per heavy atom. The first-order valence-corrected chi connectivity index (χ1v) is 10.9. The van der Waals surface area contributed by atoms with Crippen LogP contribution in [0.4, 0.5) is 9.18 Å². The molecule has 1 saturated heterocycles. The molecule has 0 unspecified atom stereocenters. The summed E-state index contributed by atoms with van der Waals surface area (Å²) < 4.78 is 20.7. The van der Waals surface area contributed by atoms with E-state index in [0.29, 0.717) is 13.1 Å². The number of pyridine rings is 1. The number of aryl methyl sites for hydroxylation is 1. The van der Waals surface area contributed by atoms with Gasteiger partial charge in [0.1, 0.15) is 17.1 Å². The molecule has 1 aliphatic heterocycles. The van der Waals surface area contributed by atoms with Gasteiger partial charge < -0.3 is 9.64 Å². The number of hydrogen-bond acceptors (Lipinski definition) is 4. The Balaban J connectivity index is 1.52. The minimum atomic E-state index is -0.490. The van der Waals surface area contributed by atoms with Gasteiger partial charge in [-0.25, -0.2) is 9.18 Å². The Kier molecular flexibility index (Phi) is 6.00. The third-order valence-electron chi connectivity index (χ3n) is 5.60. The third-order valence-corrected chi connectivity index (χ3v) is 5.60. The number of piperidine rings is 1. The zero-order valence-electron chi connectivity index (χ0n) is 19.0. The van der Waals surface area contributed by atoms with Crippen LogP contribution >= 0.6 is 0 Å². The molecule has 7 heteroatoms. The van der Waals surface area contributed by atoms with Crippen LogP contribution in [0.3, 0.4) is 0 Å². The maximum atomic E-state index is 13.4. The van der Waals surface area contributed by atoms with E-state index < -0.39 is 5.60 Å². The molecule has 0 radical (unpaired) electrons. The highest BCUT2D eigenvalue weighted by Gasteiger charge is 2.28. The highest BCUT2D eigenvalue weighted by atomic mass is 19.1. The van der Waals surface area contributed by atoms with E-state index in [1.807, 2.05) is 46.3 Å². The molecule has 168 valence electrons. The van der Waals surface area contributed by atoms with Crippen molar-refractivity contribution in [3.8, 4) is 22.4 Å². The first-order valence-electron chi connectivity index (χ1n) is 10.9. The number of ether oxygens (including phenoxy) is 1. The van der Waals surface area contributed by atoms with Crippen molar-refractivity contribution in [1.82, 2.24) is 19.7 Å². The molecule has 1 fully saturated rings. The van der Waals surface area contributed by atoms with Gasteiger partial charge in [0.25, 0.3) is 0 Å². The minimum Gasteiger partial charge on any atom is -0.444 e. The second kappa shape index (κ2) is 8.73. The number of nitrogens with zero attached hydrogens (tertiary/aromatic N) is 4. The summed E-state index contributed by atoms with van der Waals surface area (Å²) >= 11 is 0. The second-order valence-corrected chi connectivity index (χ2v) is 9.28. The Morgan fingerprint density at radius 2 is 1.78 bits per heavy atom. The number of carbonyl (C=O) groups is 1. The fraction of sp³-hybridized carbons (Fsp3) is 0.400. The Labute approximate surface area is 188 Å². The van der Waals surface area contributed by atoms with Gasteiger partial charge >= 0.3 is 6.09 Å². The predicted octanol–water partition coefficient (Wildman–Crippen LogP) is 5.40. The molecular formula is C25H29FN4O2. The summed E-state index contributed by atoms with van der Waals surface area (Å²) in [6.45, 7) is 6.95. The number of benzene rings is 1. The van der Waals surface area contributed by atoms with Crippen LogP contribution in [0.5, 0.6) is 0 Å². The summed E-state index contributed by atoms with van der Waals surface area (Å²) in [6, 6.07) is 10.5. The van der Waals surface area contributed by atoms with E-state index in [9.17, 15) is 9.18 Å². The lowest BCUT2D eigenvalue weighted by atomic mass is 9.91. The monoisotopic (exact) mass is 436 g/mol. The van der Waals surface area contributed by atoms with E-state index in [4.69, 9.17) is 4.74 Å². The molecule has 3 aromatic rings. The quantitative estimate of drug-likeness (QED) is 0.551. The molecule has 32 heavy (non-hydrogen) atoms. The molecule has 1 aliphatic rings. The first kappa shape index (κ1) is 22.0. The van der Waals surface area contributed by atoms with Gasteiger partial charge in [0, 0.05) is 55.3 Å². The third kappa shape index (κ3) is 4.98. The van der Waals surface area contributed by atoms with Crippen molar-refractivity contribution < 1.29 is 13.9 Å². The molecule has 1 aromatic carbocycles. The van der Waals surface area contributed by atoms with Crippen molar-refractivity contribution >= 4 is 6.09 Å². The lowest BCUT2D eigenvalue weighted by Crippen LogP contribution is -2.41. The van der Waals surface area contributed by atoms with Gasteiger partial charge in [-0.3, -0.25) is 9.67 Å². The molecule has 3 heterocycles. The molecule has 0 bridgehead atoms. The number of carbonyl (C=O) groups excluding carboxylic acids is 1. The molecule has 0 atom stereocenters. The van der Waals surface area contributed by atoms with Gasteiger partial charge in [-0.05, 0) is 75.6 Å². The number of aromatic nitrogens is 3. The largest absolute Gasteiger partial charge is 0.444 e. The standard InChI is InChI=1S/C25H29FN4O2/c1-25(2,3)32-24(31)30-13-10-17(11-14-30)22-15-19(9-12-27-22)21-16-29(4)28-23(21)18-5-7-20(26)8-6-18/h5-9,12,15-17H,10-11,13-14H2,1-4H3. The van der Waals surface area contributed by atoms with Crippen LogP contribution in [-0.2, 0) is 11.8 Å². The average molecular weight is 437 g/mol. The number of rotatable bonds is 3. The van der Waals surface area contributed by atoms with Crippen molar-refractivity contribution in [2.75, 3.05) is 13.1 Å². The van der Waals surface area contributed by atoms with Crippen LogP contribution in [0.15, 0.2) is 48.8 Å².